The van der Waals surface area contributed by atoms with Gasteiger partial charge in [-0.2, -0.15) is 4.98 Å². The summed E-state index contributed by atoms with van der Waals surface area (Å²) in [6.07, 6.45) is 5.08. The van der Waals surface area contributed by atoms with Gasteiger partial charge in [0.1, 0.15) is 0 Å². The molecule has 5 heteroatoms. The van der Waals surface area contributed by atoms with Crippen molar-refractivity contribution in [2.45, 2.75) is 38.1 Å². The van der Waals surface area contributed by atoms with Gasteiger partial charge >= 0.3 is 0 Å². The Labute approximate surface area is 95.4 Å². The molecule has 1 saturated heterocycles. The molecule has 2 rings (SSSR count). The quantitative estimate of drug-likeness (QED) is 0.814. The van der Waals surface area contributed by atoms with Crippen molar-refractivity contribution in [3.8, 4) is 0 Å². The van der Waals surface area contributed by atoms with Gasteiger partial charge in [-0.1, -0.05) is 11.6 Å². The van der Waals surface area contributed by atoms with Crippen molar-refractivity contribution in [2.75, 3.05) is 20.2 Å². The topological polar surface area (TPSA) is 62.4 Å². The fourth-order valence-electron chi connectivity index (χ4n) is 2.18. The lowest BCUT2D eigenvalue weighted by atomic mass is 10.0. The molecule has 0 aliphatic carbocycles. The van der Waals surface area contributed by atoms with Gasteiger partial charge in [0.25, 0.3) is 0 Å². The van der Waals surface area contributed by atoms with E-state index in [2.05, 4.69) is 22.1 Å². The van der Waals surface area contributed by atoms with E-state index in [-0.39, 0.29) is 6.61 Å². The first-order valence-corrected chi connectivity index (χ1v) is 5.92. The van der Waals surface area contributed by atoms with E-state index in [0.717, 1.165) is 13.0 Å². The Balaban J connectivity index is 1.91. The summed E-state index contributed by atoms with van der Waals surface area (Å²) in [4.78, 5) is 6.62. The molecule has 1 aromatic heterocycles. The number of likely N-dealkylation sites (tertiary alicyclic amines) is 1. The second kappa shape index (κ2) is 5.41. The summed E-state index contributed by atoms with van der Waals surface area (Å²) in [5.41, 5.74) is 0. The van der Waals surface area contributed by atoms with Gasteiger partial charge in [-0.05, 0) is 26.4 Å². The molecule has 0 amide bonds. The second-order valence-electron chi connectivity index (χ2n) is 4.41. The van der Waals surface area contributed by atoms with Crippen LogP contribution in [0.5, 0.6) is 0 Å². The van der Waals surface area contributed by atoms with E-state index in [4.69, 9.17) is 9.63 Å². The fourth-order valence-corrected chi connectivity index (χ4v) is 2.18. The summed E-state index contributed by atoms with van der Waals surface area (Å²) in [5, 5.41) is 12.6. The van der Waals surface area contributed by atoms with E-state index in [9.17, 15) is 0 Å². The molecule has 1 aromatic rings. The third-order valence-electron chi connectivity index (χ3n) is 3.18. The second-order valence-corrected chi connectivity index (χ2v) is 4.41. The molecule has 1 aliphatic heterocycles. The lowest BCUT2D eigenvalue weighted by molar-refractivity contribution is 0.173. The van der Waals surface area contributed by atoms with Gasteiger partial charge in [-0.25, -0.2) is 0 Å². The molecule has 0 radical (unpaired) electrons. The van der Waals surface area contributed by atoms with Crippen LogP contribution in [-0.2, 0) is 12.8 Å². The van der Waals surface area contributed by atoms with Gasteiger partial charge in [0.2, 0.25) is 5.89 Å². The number of aliphatic hydroxyl groups excluding tert-OH is 1. The monoisotopic (exact) mass is 225 g/mol. The largest absolute Gasteiger partial charge is 0.396 e. The minimum Gasteiger partial charge on any atom is -0.396 e. The van der Waals surface area contributed by atoms with Crippen LogP contribution in [-0.4, -0.2) is 46.4 Å². The van der Waals surface area contributed by atoms with Crippen LogP contribution in [0.2, 0.25) is 0 Å². The number of aromatic nitrogens is 2. The van der Waals surface area contributed by atoms with Crippen molar-refractivity contribution in [3.63, 3.8) is 0 Å². The zero-order valence-electron chi connectivity index (χ0n) is 9.72. The maximum absolute atomic E-state index is 8.76. The minimum absolute atomic E-state index is 0.0717. The highest BCUT2D eigenvalue weighted by Gasteiger charge is 2.21. The van der Waals surface area contributed by atoms with E-state index >= 15 is 0 Å². The molecule has 1 aliphatic rings. The van der Waals surface area contributed by atoms with Crippen molar-refractivity contribution in [1.29, 1.82) is 0 Å². The van der Waals surface area contributed by atoms with Crippen molar-refractivity contribution in [2.24, 2.45) is 0 Å². The number of rotatable bonds is 4. The van der Waals surface area contributed by atoms with Crippen LogP contribution in [0.3, 0.4) is 0 Å². The first-order chi connectivity index (χ1) is 7.79. The highest BCUT2D eigenvalue weighted by atomic mass is 16.5. The van der Waals surface area contributed by atoms with Gasteiger partial charge in [-0.3, -0.25) is 0 Å². The van der Waals surface area contributed by atoms with Crippen molar-refractivity contribution in [1.82, 2.24) is 15.0 Å². The van der Waals surface area contributed by atoms with Crippen molar-refractivity contribution in [3.05, 3.63) is 11.7 Å². The van der Waals surface area contributed by atoms with E-state index in [1.165, 1.54) is 19.3 Å². The molecule has 0 saturated carbocycles. The number of hydrogen-bond donors (Lipinski definition) is 1. The maximum Gasteiger partial charge on any atom is 0.228 e. The van der Waals surface area contributed by atoms with Crippen LogP contribution in [0.15, 0.2) is 4.52 Å². The lowest BCUT2D eigenvalue weighted by Gasteiger charge is -2.31. The minimum atomic E-state index is 0.0717. The van der Waals surface area contributed by atoms with Gasteiger partial charge in [-0.15, -0.1) is 0 Å². The zero-order valence-corrected chi connectivity index (χ0v) is 9.72. The number of nitrogens with zero attached hydrogens (tertiary/aromatic N) is 3. The molecular weight excluding hydrogens is 206 g/mol. The number of piperidine rings is 1. The van der Waals surface area contributed by atoms with Gasteiger partial charge in [0.05, 0.1) is 6.61 Å². The number of hydrogen-bond acceptors (Lipinski definition) is 5. The lowest BCUT2D eigenvalue weighted by Crippen LogP contribution is -2.37. The van der Waals surface area contributed by atoms with Crippen molar-refractivity contribution < 1.29 is 9.63 Å². The Morgan fingerprint density at radius 1 is 1.50 bits per heavy atom. The number of likely N-dealkylation sites (N-methyl/N-ethyl adjacent to an activating group) is 1. The molecule has 1 fully saturated rings. The summed E-state index contributed by atoms with van der Waals surface area (Å²) in [6.45, 7) is 1.23. The standard InChI is InChI=1S/C11H19N3O2/c1-14-6-3-2-4-9(14)8-11-12-10(5-7-15)13-16-11/h9,15H,2-8H2,1H3. The normalized spacial score (nSPS) is 22.5. The van der Waals surface area contributed by atoms with Crippen LogP contribution >= 0.6 is 0 Å². The third-order valence-corrected chi connectivity index (χ3v) is 3.18. The van der Waals surface area contributed by atoms with E-state index in [0.29, 0.717) is 24.2 Å². The highest BCUT2D eigenvalue weighted by molar-refractivity contribution is 4.91. The third kappa shape index (κ3) is 2.80. The summed E-state index contributed by atoms with van der Waals surface area (Å²) >= 11 is 0. The first kappa shape index (κ1) is 11.5. The maximum atomic E-state index is 8.76. The van der Waals surface area contributed by atoms with Gasteiger partial charge in [0.15, 0.2) is 5.82 Å². The fraction of sp³-hybridized carbons (Fsp3) is 0.818. The van der Waals surface area contributed by atoms with E-state index < -0.39 is 0 Å². The van der Waals surface area contributed by atoms with Crippen LogP contribution in [0.1, 0.15) is 31.0 Å². The van der Waals surface area contributed by atoms with E-state index in [1.807, 2.05) is 0 Å². The molecule has 0 bridgehead atoms. The molecule has 0 spiro atoms. The van der Waals surface area contributed by atoms with Gasteiger partial charge in [0, 0.05) is 18.9 Å². The van der Waals surface area contributed by atoms with Crippen LogP contribution in [0, 0.1) is 0 Å². The Morgan fingerprint density at radius 3 is 3.12 bits per heavy atom. The zero-order chi connectivity index (χ0) is 11.4. The smallest absolute Gasteiger partial charge is 0.228 e. The van der Waals surface area contributed by atoms with Gasteiger partial charge < -0.3 is 14.5 Å². The predicted octanol–water partition coefficient (Wildman–Crippen LogP) is 0.631. The highest BCUT2D eigenvalue weighted by Crippen LogP contribution is 2.18. The molecule has 16 heavy (non-hydrogen) atoms. The molecule has 5 nitrogen and oxygen atoms in total. The molecule has 1 N–H and O–H groups in total. The Hall–Kier alpha value is -0.940. The molecule has 1 atom stereocenters. The Kier molecular flexibility index (Phi) is 3.90. The van der Waals surface area contributed by atoms with Crippen LogP contribution < -0.4 is 0 Å². The first-order valence-electron chi connectivity index (χ1n) is 5.92. The average molecular weight is 225 g/mol. The molecule has 0 aromatic carbocycles. The summed E-state index contributed by atoms with van der Waals surface area (Å²) in [6, 6.07) is 0.524. The predicted molar refractivity (Wildman–Crippen MR) is 59.1 cm³/mol. The molecule has 1 unspecified atom stereocenters. The van der Waals surface area contributed by atoms with Crippen LogP contribution in [0.4, 0.5) is 0 Å². The molecule has 2 heterocycles. The molecule has 90 valence electrons. The summed E-state index contributed by atoms with van der Waals surface area (Å²) in [5.74, 6) is 1.30. The van der Waals surface area contributed by atoms with E-state index in [1.54, 1.807) is 0 Å². The SMILES string of the molecule is CN1CCCCC1Cc1nc(CCO)no1. The Morgan fingerprint density at radius 2 is 2.38 bits per heavy atom. The summed E-state index contributed by atoms with van der Waals surface area (Å²) in [7, 11) is 2.15. The summed E-state index contributed by atoms with van der Waals surface area (Å²) < 4.78 is 5.17. The van der Waals surface area contributed by atoms with Crippen LogP contribution in [0.25, 0.3) is 0 Å². The molecular formula is C11H19N3O2. The average Bonchev–Trinajstić information content (AvgIpc) is 2.70. The number of aliphatic hydroxyl groups is 1. The van der Waals surface area contributed by atoms with Crippen molar-refractivity contribution >= 4 is 0 Å². The Bertz CT molecular complexity index is 327.